The van der Waals surface area contributed by atoms with E-state index in [-0.39, 0.29) is 11.3 Å². The molecule has 1 N–H and O–H groups in total. The number of fused-ring (bicyclic) bond motifs is 1. The molecular formula is C15H10O3. The predicted octanol–water partition coefficient (Wildman–Crippen LogP) is 3.17. The van der Waals surface area contributed by atoms with Crippen LogP contribution in [0.4, 0.5) is 0 Å². The first-order valence-electron chi connectivity index (χ1n) is 5.57. The zero-order valence-electron chi connectivity index (χ0n) is 9.46. The number of hydrogen-bond donors (Lipinski definition) is 1. The normalized spacial score (nSPS) is 10.7. The molecule has 0 spiro atoms. The highest BCUT2D eigenvalue weighted by atomic mass is 16.4. The molecule has 1 aromatic heterocycles. The van der Waals surface area contributed by atoms with Gasteiger partial charge in [0.2, 0.25) is 0 Å². The molecule has 3 nitrogen and oxygen atoms in total. The van der Waals surface area contributed by atoms with Crippen molar-refractivity contribution in [3.8, 4) is 16.9 Å². The average Bonchev–Trinajstić information content (AvgIpc) is 2.40. The lowest BCUT2D eigenvalue weighted by atomic mass is 10.0. The molecule has 0 fully saturated rings. The van der Waals surface area contributed by atoms with Crippen molar-refractivity contribution in [3.63, 3.8) is 0 Å². The summed E-state index contributed by atoms with van der Waals surface area (Å²) >= 11 is 0. The van der Waals surface area contributed by atoms with Crippen molar-refractivity contribution in [2.24, 2.45) is 0 Å². The molecule has 0 amide bonds. The van der Waals surface area contributed by atoms with Crippen molar-refractivity contribution >= 4 is 11.0 Å². The van der Waals surface area contributed by atoms with Gasteiger partial charge in [0.25, 0.3) is 0 Å². The number of aromatic hydroxyl groups is 1. The fraction of sp³-hybridized carbons (Fsp3) is 0. The van der Waals surface area contributed by atoms with E-state index in [1.165, 1.54) is 0 Å². The van der Waals surface area contributed by atoms with Gasteiger partial charge in [0.15, 0.2) is 0 Å². The molecule has 0 atom stereocenters. The van der Waals surface area contributed by atoms with Gasteiger partial charge in [-0.2, -0.15) is 0 Å². The van der Waals surface area contributed by atoms with E-state index in [9.17, 15) is 9.90 Å². The fourth-order valence-electron chi connectivity index (χ4n) is 1.99. The minimum Gasteiger partial charge on any atom is -0.506 e. The van der Waals surface area contributed by atoms with Crippen LogP contribution in [0.3, 0.4) is 0 Å². The van der Waals surface area contributed by atoms with E-state index < -0.39 is 5.63 Å². The Morgan fingerprint density at radius 2 is 1.56 bits per heavy atom. The van der Waals surface area contributed by atoms with Crippen LogP contribution in [0.25, 0.3) is 22.1 Å². The standard InChI is InChI=1S/C15H10O3/c16-14-11-8-4-5-9-12(11)18-15(17)13(14)10-6-2-1-3-7-10/h1-9,16H. The SMILES string of the molecule is O=c1oc2ccccc2c(O)c1-c1ccccc1. The molecule has 0 saturated carbocycles. The summed E-state index contributed by atoms with van der Waals surface area (Å²) in [6, 6.07) is 15.9. The lowest BCUT2D eigenvalue weighted by Crippen LogP contribution is -2.03. The van der Waals surface area contributed by atoms with Gasteiger partial charge in [-0.3, -0.25) is 0 Å². The van der Waals surface area contributed by atoms with E-state index in [2.05, 4.69) is 0 Å². The van der Waals surface area contributed by atoms with E-state index in [0.717, 1.165) is 0 Å². The molecule has 0 bridgehead atoms. The summed E-state index contributed by atoms with van der Waals surface area (Å²) in [6.45, 7) is 0. The number of hydrogen-bond acceptors (Lipinski definition) is 3. The lowest BCUT2D eigenvalue weighted by Gasteiger charge is -2.05. The summed E-state index contributed by atoms with van der Waals surface area (Å²) in [4.78, 5) is 11.9. The number of rotatable bonds is 1. The third-order valence-electron chi connectivity index (χ3n) is 2.85. The van der Waals surface area contributed by atoms with Crippen LogP contribution in [-0.2, 0) is 0 Å². The smallest absolute Gasteiger partial charge is 0.347 e. The summed E-state index contributed by atoms with van der Waals surface area (Å²) in [6.07, 6.45) is 0. The second-order valence-corrected chi connectivity index (χ2v) is 3.98. The summed E-state index contributed by atoms with van der Waals surface area (Å²) in [5, 5.41) is 10.8. The van der Waals surface area contributed by atoms with E-state index in [4.69, 9.17) is 4.42 Å². The van der Waals surface area contributed by atoms with Crippen molar-refractivity contribution in [1.82, 2.24) is 0 Å². The van der Waals surface area contributed by atoms with Crippen molar-refractivity contribution in [1.29, 1.82) is 0 Å². The summed E-state index contributed by atoms with van der Waals surface area (Å²) < 4.78 is 5.21. The van der Waals surface area contributed by atoms with Crippen LogP contribution in [0.2, 0.25) is 0 Å². The molecule has 0 saturated heterocycles. The van der Waals surface area contributed by atoms with Crippen molar-refractivity contribution in [2.45, 2.75) is 0 Å². The van der Waals surface area contributed by atoms with Crippen LogP contribution in [0, 0.1) is 0 Å². The minimum absolute atomic E-state index is 0.0342. The largest absolute Gasteiger partial charge is 0.506 e. The Hall–Kier alpha value is -2.55. The first-order chi connectivity index (χ1) is 8.77. The van der Waals surface area contributed by atoms with E-state index in [0.29, 0.717) is 16.5 Å². The fourth-order valence-corrected chi connectivity index (χ4v) is 1.99. The zero-order chi connectivity index (χ0) is 12.5. The number of para-hydroxylation sites is 1. The highest BCUT2D eigenvalue weighted by Gasteiger charge is 2.14. The molecule has 1 heterocycles. The Morgan fingerprint density at radius 3 is 2.33 bits per heavy atom. The second kappa shape index (κ2) is 4.04. The van der Waals surface area contributed by atoms with Gasteiger partial charge in [-0.25, -0.2) is 4.79 Å². The first-order valence-corrected chi connectivity index (χ1v) is 5.57. The van der Waals surface area contributed by atoms with Gasteiger partial charge < -0.3 is 9.52 Å². The topological polar surface area (TPSA) is 50.4 Å². The maximum Gasteiger partial charge on any atom is 0.347 e. The summed E-state index contributed by atoms with van der Waals surface area (Å²) in [7, 11) is 0. The van der Waals surface area contributed by atoms with Gasteiger partial charge in [0, 0.05) is 0 Å². The third-order valence-corrected chi connectivity index (χ3v) is 2.85. The predicted molar refractivity (Wildman–Crippen MR) is 69.6 cm³/mol. The Kier molecular flexibility index (Phi) is 2.38. The molecular weight excluding hydrogens is 228 g/mol. The maximum atomic E-state index is 11.9. The van der Waals surface area contributed by atoms with E-state index in [1.54, 1.807) is 36.4 Å². The van der Waals surface area contributed by atoms with Gasteiger partial charge in [-0.1, -0.05) is 42.5 Å². The third kappa shape index (κ3) is 1.57. The Balaban J connectivity index is 2.41. The molecule has 3 rings (SSSR count). The average molecular weight is 238 g/mol. The Labute approximate surface area is 103 Å². The molecule has 3 heteroatoms. The number of benzene rings is 2. The van der Waals surface area contributed by atoms with Crippen LogP contribution >= 0.6 is 0 Å². The molecule has 0 aliphatic heterocycles. The van der Waals surface area contributed by atoms with Crippen LogP contribution in [0.5, 0.6) is 5.75 Å². The Bertz CT molecular complexity index is 758. The highest BCUT2D eigenvalue weighted by Crippen LogP contribution is 2.32. The summed E-state index contributed by atoms with van der Waals surface area (Å²) in [5.41, 5.74) is 0.709. The van der Waals surface area contributed by atoms with Crippen LogP contribution in [0.1, 0.15) is 0 Å². The van der Waals surface area contributed by atoms with Crippen LogP contribution < -0.4 is 5.63 Å². The molecule has 0 aliphatic carbocycles. The molecule has 88 valence electrons. The molecule has 0 radical (unpaired) electrons. The van der Waals surface area contributed by atoms with Gasteiger partial charge in [0.05, 0.1) is 5.39 Å². The van der Waals surface area contributed by atoms with Crippen LogP contribution in [0.15, 0.2) is 63.8 Å². The van der Waals surface area contributed by atoms with Crippen molar-refractivity contribution in [3.05, 3.63) is 65.0 Å². The van der Waals surface area contributed by atoms with Gasteiger partial charge >= 0.3 is 5.63 Å². The minimum atomic E-state index is -0.530. The maximum absolute atomic E-state index is 11.9. The van der Waals surface area contributed by atoms with Gasteiger partial charge in [-0.15, -0.1) is 0 Å². The first kappa shape index (κ1) is 10.6. The van der Waals surface area contributed by atoms with Crippen LogP contribution in [-0.4, -0.2) is 5.11 Å². The van der Waals surface area contributed by atoms with Crippen molar-refractivity contribution < 1.29 is 9.52 Å². The summed E-state index contributed by atoms with van der Waals surface area (Å²) in [5.74, 6) is -0.0342. The monoisotopic (exact) mass is 238 g/mol. The Morgan fingerprint density at radius 1 is 0.889 bits per heavy atom. The van der Waals surface area contributed by atoms with E-state index in [1.807, 2.05) is 18.2 Å². The molecule has 0 aliphatic rings. The zero-order valence-corrected chi connectivity index (χ0v) is 9.46. The second-order valence-electron chi connectivity index (χ2n) is 3.98. The molecule has 0 unspecified atom stereocenters. The van der Waals surface area contributed by atoms with Gasteiger partial charge in [0.1, 0.15) is 16.9 Å². The molecule has 18 heavy (non-hydrogen) atoms. The highest BCUT2D eigenvalue weighted by molar-refractivity contribution is 5.89. The van der Waals surface area contributed by atoms with Gasteiger partial charge in [-0.05, 0) is 17.7 Å². The molecule has 3 aromatic rings. The lowest BCUT2D eigenvalue weighted by molar-refractivity contribution is 0.471. The van der Waals surface area contributed by atoms with E-state index >= 15 is 0 Å². The molecule has 2 aromatic carbocycles. The van der Waals surface area contributed by atoms with Crippen molar-refractivity contribution in [2.75, 3.05) is 0 Å². The quantitative estimate of drug-likeness (QED) is 0.662.